The van der Waals surface area contributed by atoms with Crippen molar-refractivity contribution in [1.82, 2.24) is 4.90 Å². The fourth-order valence-corrected chi connectivity index (χ4v) is 3.07. The Morgan fingerprint density at radius 1 is 1.35 bits per heavy atom. The first-order valence-corrected chi connectivity index (χ1v) is 6.90. The Morgan fingerprint density at radius 3 is 2.45 bits per heavy atom. The SMILES string of the molecule is CC(C)(C)N1C(=O)CC(C(=O)O)C1c1ccccc1Cl. The maximum Gasteiger partial charge on any atom is 0.309 e. The average Bonchev–Trinajstić information content (AvgIpc) is 2.67. The highest BCUT2D eigenvalue weighted by Crippen LogP contribution is 2.44. The molecule has 1 saturated heterocycles. The van der Waals surface area contributed by atoms with E-state index in [1.807, 2.05) is 26.8 Å². The molecule has 0 radical (unpaired) electrons. The number of rotatable bonds is 2. The molecule has 20 heavy (non-hydrogen) atoms. The third kappa shape index (κ3) is 2.52. The minimum Gasteiger partial charge on any atom is -0.481 e. The molecule has 1 aliphatic rings. The first-order valence-electron chi connectivity index (χ1n) is 6.53. The van der Waals surface area contributed by atoms with Gasteiger partial charge in [-0.05, 0) is 32.4 Å². The topological polar surface area (TPSA) is 57.6 Å². The van der Waals surface area contributed by atoms with Gasteiger partial charge in [0.2, 0.25) is 5.91 Å². The molecule has 5 heteroatoms. The van der Waals surface area contributed by atoms with Crippen LogP contribution in [0.1, 0.15) is 38.8 Å². The molecule has 1 amide bonds. The lowest BCUT2D eigenvalue weighted by molar-refractivity contribution is -0.142. The van der Waals surface area contributed by atoms with Gasteiger partial charge in [0, 0.05) is 17.0 Å². The lowest BCUT2D eigenvalue weighted by atomic mass is 9.91. The van der Waals surface area contributed by atoms with Crippen LogP contribution in [0, 0.1) is 5.92 Å². The molecular weight excluding hydrogens is 278 g/mol. The molecule has 0 spiro atoms. The summed E-state index contributed by atoms with van der Waals surface area (Å²) in [6, 6.07) is 6.59. The molecule has 108 valence electrons. The Morgan fingerprint density at radius 2 is 1.95 bits per heavy atom. The van der Waals surface area contributed by atoms with Crippen LogP contribution in [0.5, 0.6) is 0 Å². The number of carboxylic acids is 1. The zero-order chi connectivity index (χ0) is 15.1. The van der Waals surface area contributed by atoms with E-state index in [-0.39, 0.29) is 12.3 Å². The summed E-state index contributed by atoms with van der Waals surface area (Å²) in [5.74, 6) is -1.87. The summed E-state index contributed by atoms with van der Waals surface area (Å²) >= 11 is 6.21. The number of nitrogens with zero attached hydrogens (tertiary/aromatic N) is 1. The molecular formula is C15H18ClNO3. The van der Waals surface area contributed by atoms with Crippen molar-refractivity contribution in [3.8, 4) is 0 Å². The van der Waals surface area contributed by atoms with E-state index in [9.17, 15) is 14.7 Å². The predicted octanol–water partition coefficient (Wildman–Crippen LogP) is 3.11. The molecule has 4 nitrogen and oxygen atoms in total. The monoisotopic (exact) mass is 295 g/mol. The highest BCUT2D eigenvalue weighted by molar-refractivity contribution is 6.31. The number of carboxylic acid groups (broad SMARTS) is 1. The molecule has 2 atom stereocenters. The van der Waals surface area contributed by atoms with E-state index in [0.717, 1.165) is 0 Å². The van der Waals surface area contributed by atoms with Crippen LogP contribution in [0.25, 0.3) is 0 Å². The number of hydrogen-bond acceptors (Lipinski definition) is 2. The molecule has 1 aliphatic heterocycles. The number of likely N-dealkylation sites (tertiary alicyclic amines) is 1. The van der Waals surface area contributed by atoms with Gasteiger partial charge in [0.15, 0.2) is 0 Å². The summed E-state index contributed by atoms with van der Waals surface area (Å²) in [4.78, 5) is 25.4. The summed E-state index contributed by atoms with van der Waals surface area (Å²) < 4.78 is 0. The van der Waals surface area contributed by atoms with Gasteiger partial charge in [-0.3, -0.25) is 9.59 Å². The Kier molecular flexibility index (Phi) is 3.78. The highest BCUT2D eigenvalue weighted by atomic mass is 35.5. The van der Waals surface area contributed by atoms with E-state index in [4.69, 9.17) is 11.6 Å². The molecule has 0 aliphatic carbocycles. The van der Waals surface area contributed by atoms with Crippen molar-refractivity contribution in [2.45, 2.75) is 38.8 Å². The number of aliphatic carboxylic acids is 1. The van der Waals surface area contributed by atoms with Gasteiger partial charge in [-0.1, -0.05) is 29.8 Å². The molecule has 0 bridgehead atoms. The Labute approximate surface area is 123 Å². The zero-order valence-electron chi connectivity index (χ0n) is 11.8. The van der Waals surface area contributed by atoms with Gasteiger partial charge in [-0.25, -0.2) is 0 Å². The molecule has 2 rings (SSSR count). The Hall–Kier alpha value is -1.55. The first kappa shape index (κ1) is 14.9. The molecule has 1 heterocycles. The van der Waals surface area contributed by atoms with Crippen LogP contribution in [0.15, 0.2) is 24.3 Å². The van der Waals surface area contributed by atoms with Crippen LogP contribution in [0.4, 0.5) is 0 Å². The fraction of sp³-hybridized carbons (Fsp3) is 0.467. The normalized spacial score (nSPS) is 23.2. The maximum absolute atomic E-state index is 12.3. The highest BCUT2D eigenvalue weighted by Gasteiger charge is 2.49. The van der Waals surface area contributed by atoms with Crippen molar-refractivity contribution in [3.05, 3.63) is 34.9 Å². The van der Waals surface area contributed by atoms with Gasteiger partial charge in [0.1, 0.15) is 0 Å². The Bertz CT molecular complexity index is 550. The molecule has 1 aromatic carbocycles. The second kappa shape index (κ2) is 5.09. The smallest absolute Gasteiger partial charge is 0.309 e. The number of halogens is 1. The summed E-state index contributed by atoms with van der Waals surface area (Å²) in [6.07, 6.45) is 0.0164. The minimum atomic E-state index is -0.963. The van der Waals surface area contributed by atoms with Gasteiger partial charge < -0.3 is 10.0 Å². The van der Waals surface area contributed by atoms with E-state index in [2.05, 4.69) is 0 Å². The average molecular weight is 296 g/mol. The molecule has 1 N–H and O–H groups in total. The van der Waals surface area contributed by atoms with Gasteiger partial charge in [-0.2, -0.15) is 0 Å². The third-order valence-corrected chi connectivity index (χ3v) is 3.93. The number of benzene rings is 1. The number of carbonyl (C=O) groups excluding carboxylic acids is 1. The number of hydrogen-bond donors (Lipinski definition) is 1. The molecule has 2 unspecified atom stereocenters. The van der Waals surface area contributed by atoms with Crippen molar-refractivity contribution in [2.24, 2.45) is 5.92 Å². The van der Waals surface area contributed by atoms with Crippen LogP contribution < -0.4 is 0 Å². The summed E-state index contributed by atoms with van der Waals surface area (Å²) in [7, 11) is 0. The van der Waals surface area contributed by atoms with Crippen LogP contribution in [0.2, 0.25) is 5.02 Å². The number of carbonyl (C=O) groups is 2. The van der Waals surface area contributed by atoms with E-state index in [1.165, 1.54) is 0 Å². The minimum absolute atomic E-state index is 0.0164. The van der Waals surface area contributed by atoms with Crippen molar-refractivity contribution < 1.29 is 14.7 Å². The summed E-state index contributed by atoms with van der Waals surface area (Å²) in [5.41, 5.74) is 0.243. The van der Waals surface area contributed by atoms with Gasteiger partial charge in [0.25, 0.3) is 0 Å². The standard InChI is InChI=1S/C15H18ClNO3/c1-15(2,3)17-12(18)8-10(14(19)20)13(17)9-6-4-5-7-11(9)16/h4-7,10,13H,8H2,1-3H3,(H,19,20). The Balaban J connectivity index is 2.55. The van der Waals surface area contributed by atoms with Crippen molar-refractivity contribution in [1.29, 1.82) is 0 Å². The predicted molar refractivity (Wildman–Crippen MR) is 76.5 cm³/mol. The lowest BCUT2D eigenvalue weighted by Crippen LogP contribution is -2.44. The zero-order valence-corrected chi connectivity index (χ0v) is 12.5. The van der Waals surface area contributed by atoms with Gasteiger partial charge in [0.05, 0.1) is 12.0 Å². The first-order chi connectivity index (χ1) is 9.23. The lowest BCUT2D eigenvalue weighted by Gasteiger charge is -2.38. The van der Waals surface area contributed by atoms with E-state index < -0.39 is 23.5 Å². The van der Waals surface area contributed by atoms with Crippen molar-refractivity contribution in [3.63, 3.8) is 0 Å². The fourth-order valence-electron chi connectivity index (χ4n) is 2.82. The van der Waals surface area contributed by atoms with Crippen molar-refractivity contribution >= 4 is 23.5 Å². The van der Waals surface area contributed by atoms with E-state index in [1.54, 1.807) is 23.1 Å². The van der Waals surface area contributed by atoms with Gasteiger partial charge in [-0.15, -0.1) is 0 Å². The second-order valence-electron chi connectivity index (χ2n) is 6.05. The quantitative estimate of drug-likeness (QED) is 0.912. The van der Waals surface area contributed by atoms with E-state index >= 15 is 0 Å². The number of amides is 1. The molecule has 0 aromatic heterocycles. The van der Waals surface area contributed by atoms with Gasteiger partial charge >= 0.3 is 5.97 Å². The maximum atomic E-state index is 12.3. The van der Waals surface area contributed by atoms with Crippen LogP contribution in [-0.4, -0.2) is 27.4 Å². The van der Waals surface area contributed by atoms with Crippen LogP contribution in [-0.2, 0) is 9.59 Å². The molecule has 1 aromatic rings. The van der Waals surface area contributed by atoms with Crippen molar-refractivity contribution in [2.75, 3.05) is 0 Å². The van der Waals surface area contributed by atoms with Crippen LogP contribution in [0.3, 0.4) is 0 Å². The molecule has 0 saturated carbocycles. The largest absolute Gasteiger partial charge is 0.481 e. The van der Waals surface area contributed by atoms with E-state index in [0.29, 0.717) is 10.6 Å². The second-order valence-corrected chi connectivity index (χ2v) is 6.46. The summed E-state index contributed by atoms with van der Waals surface area (Å²) in [5, 5.41) is 9.91. The van der Waals surface area contributed by atoms with Crippen LogP contribution >= 0.6 is 11.6 Å². The summed E-state index contributed by atoms with van der Waals surface area (Å²) in [6.45, 7) is 5.71. The third-order valence-electron chi connectivity index (χ3n) is 3.59. The molecule has 1 fully saturated rings.